The van der Waals surface area contributed by atoms with Crippen LogP contribution in [0.4, 0.5) is 0 Å². The number of hydrogen-bond donors (Lipinski definition) is 2. The van der Waals surface area contributed by atoms with Crippen LogP contribution >= 0.6 is 12.4 Å². The van der Waals surface area contributed by atoms with Gasteiger partial charge in [-0.05, 0) is 43.9 Å². The molecule has 5 nitrogen and oxygen atoms in total. The summed E-state index contributed by atoms with van der Waals surface area (Å²) >= 11 is 0. The van der Waals surface area contributed by atoms with Crippen molar-refractivity contribution in [2.24, 2.45) is 0 Å². The Balaban J connectivity index is 0.00000176. The van der Waals surface area contributed by atoms with Crippen molar-refractivity contribution in [2.75, 3.05) is 13.1 Å². The van der Waals surface area contributed by atoms with Gasteiger partial charge in [-0.1, -0.05) is 24.3 Å². The SMILES string of the molecule is CC1CC(NS(=O)(=O)N2CCc3ccccc3C2)CCN1.Cl. The van der Waals surface area contributed by atoms with E-state index in [1.54, 1.807) is 4.31 Å². The van der Waals surface area contributed by atoms with Crippen LogP contribution in [0, 0.1) is 0 Å². The van der Waals surface area contributed by atoms with Crippen molar-refractivity contribution in [1.29, 1.82) is 0 Å². The zero-order chi connectivity index (χ0) is 14.9. The monoisotopic (exact) mass is 345 g/mol. The number of rotatable bonds is 3. The molecule has 0 bridgehead atoms. The highest BCUT2D eigenvalue weighted by Crippen LogP contribution is 2.21. The largest absolute Gasteiger partial charge is 0.314 e. The summed E-state index contributed by atoms with van der Waals surface area (Å²) in [5.41, 5.74) is 2.38. The molecule has 0 radical (unpaired) electrons. The summed E-state index contributed by atoms with van der Waals surface area (Å²) in [5.74, 6) is 0. The van der Waals surface area contributed by atoms with E-state index in [1.807, 2.05) is 18.2 Å². The highest BCUT2D eigenvalue weighted by molar-refractivity contribution is 7.87. The Hall–Kier alpha value is -0.660. The highest BCUT2D eigenvalue weighted by atomic mass is 35.5. The summed E-state index contributed by atoms with van der Waals surface area (Å²) < 4.78 is 29.6. The fourth-order valence-electron chi connectivity index (χ4n) is 3.20. The highest BCUT2D eigenvalue weighted by Gasteiger charge is 2.30. The van der Waals surface area contributed by atoms with Crippen LogP contribution in [0.5, 0.6) is 0 Å². The van der Waals surface area contributed by atoms with Gasteiger partial charge in [-0.15, -0.1) is 12.4 Å². The van der Waals surface area contributed by atoms with Gasteiger partial charge in [0.05, 0.1) is 0 Å². The van der Waals surface area contributed by atoms with Crippen LogP contribution in [0.1, 0.15) is 30.9 Å². The molecule has 0 amide bonds. The van der Waals surface area contributed by atoms with Crippen molar-refractivity contribution in [3.05, 3.63) is 35.4 Å². The lowest BCUT2D eigenvalue weighted by atomic mass is 10.0. The molecule has 2 aliphatic heterocycles. The predicted molar refractivity (Wildman–Crippen MR) is 90.3 cm³/mol. The lowest BCUT2D eigenvalue weighted by Gasteiger charge is -2.33. The Morgan fingerprint density at radius 2 is 2.00 bits per heavy atom. The molecular weight excluding hydrogens is 322 g/mol. The fourth-order valence-corrected chi connectivity index (χ4v) is 4.62. The molecule has 124 valence electrons. The van der Waals surface area contributed by atoms with Crippen molar-refractivity contribution in [3.63, 3.8) is 0 Å². The number of nitrogens with zero attached hydrogens (tertiary/aromatic N) is 1. The van der Waals surface area contributed by atoms with E-state index in [9.17, 15) is 8.42 Å². The topological polar surface area (TPSA) is 61.4 Å². The van der Waals surface area contributed by atoms with E-state index in [0.29, 0.717) is 19.1 Å². The molecule has 3 rings (SSSR count). The Morgan fingerprint density at radius 3 is 2.73 bits per heavy atom. The molecule has 1 aromatic rings. The van der Waals surface area contributed by atoms with Gasteiger partial charge in [0.2, 0.25) is 0 Å². The number of fused-ring (bicyclic) bond motifs is 1. The molecule has 2 heterocycles. The van der Waals surface area contributed by atoms with Crippen LogP contribution in [0.15, 0.2) is 24.3 Å². The summed E-state index contributed by atoms with van der Waals surface area (Å²) in [7, 11) is -3.39. The maximum Gasteiger partial charge on any atom is 0.280 e. The molecule has 0 aliphatic carbocycles. The van der Waals surface area contributed by atoms with Gasteiger partial charge in [-0.25, -0.2) is 0 Å². The third-order valence-corrected chi connectivity index (χ3v) is 6.00. The first kappa shape index (κ1) is 17.7. The Kier molecular flexibility index (Phi) is 5.85. The van der Waals surface area contributed by atoms with Gasteiger partial charge in [0, 0.05) is 25.2 Å². The van der Waals surface area contributed by atoms with Crippen LogP contribution < -0.4 is 10.0 Å². The first-order valence-electron chi connectivity index (χ1n) is 7.62. The summed E-state index contributed by atoms with van der Waals surface area (Å²) in [6.45, 7) is 4.01. The van der Waals surface area contributed by atoms with Gasteiger partial charge in [0.1, 0.15) is 0 Å². The smallest absolute Gasteiger partial charge is 0.280 e. The van der Waals surface area contributed by atoms with Gasteiger partial charge in [-0.2, -0.15) is 17.4 Å². The van der Waals surface area contributed by atoms with Crippen LogP contribution in [0.3, 0.4) is 0 Å². The number of benzene rings is 1. The third kappa shape index (κ3) is 4.00. The quantitative estimate of drug-likeness (QED) is 0.871. The van der Waals surface area contributed by atoms with E-state index in [1.165, 1.54) is 5.56 Å². The number of piperidine rings is 1. The van der Waals surface area contributed by atoms with Crippen LogP contribution in [0.2, 0.25) is 0 Å². The average Bonchev–Trinajstić information content (AvgIpc) is 2.46. The summed E-state index contributed by atoms with van der Waals surface area (Å²) in [5, 5.41) is 3.34. The maximum atomic E-state index is 12.6. The minimum absolute atomic E-state index is 0. The van der Waals surface area contributed by atoms with Crippen LogP contribution in [0.25, 0.3) is 0 Å². The molecule has 0 saturated carbocycles. The Bertz CT molecular complexity index is 609. The van der Waals surface area contributed by atoms with Gasteiger partial charge in [0.15, 0.2) is 0 Å². The molecule has 1 aromatic carbocycles. The van der Waals surface area contributed by atoms with Crippen molar-refractivity contribution in [3.8, 4) is 0 Å². The first-order chi connectivity index (χ1) is 10.0. The fraction of sp³-hybridized carbons (Fsp3) is 0.600. The number of halogens is 1. The van der Waals surface area contributed by atoms with E-state index in [2.05, 4.69) is 23.0 Å². The molecule has 1 saturated heterocycles. The standard InChI is InChI=1S/C15H23N3O2S.ClH/c1-12-10-15(6-8-16-12)17-21(19,20)18-9-7-13-4-2-3-5-14(13)11-18;/h2-5,12,15-17H,6-11H2,1H3;1H. The minimum atomic E-state index is -3.39. The second kappa shape index (κ2) is 7.27. The van der Waals surface area contributed by atoms with Crippen molar-refractivity contribution >= 4 is 22.6 Å². The summed E-state index contributed by atoms with van der Waals surface area (Å²) in [4.78, 5) is 0. The molecule has 22 heavy (non-hydrogen) atoms. The first-order valence-corrected chi connectivity index (χ1v) is 9.06. The molecule has 2 aliphatic rings. The van der Waals surface area contributed by atoms with Gasteiger partial charge in [0.25, 0.3) is 10.2 Å². The van der Waals surface area contributed by atoms with E-state index in [0.717, 1.165) is 31.4 Å². The predicted octanol–water partition coefficient (Wildman–Crippen LogP) is 1.44. The second-order valence-corrected chi connectivity index (χ2v) is 7.75. The lowest BCUT2D eigenvalue weighted by molar-refractivity contribution is 0.338. The summed E-state index contributed by atoms with van der Waals surface area (Å²) in [6.07, 6.45) is 2.50. The second-order valence-electron chi connectivity index (χ2n) is 6.05. The molecule has 2 unspecified atom stereocenters. The van der Waals surface area contributed by atoms with E-state index in [-0.39, 0.29) is 18.4 Å². The molecule has 0 spiro atoms. The third-order valence-electron chi connectivity index (χ3n) is 4.37. The zero-order valence-electron chi connectivity index (χ0n) is 12.8. The van der Waals surface area contributed by atoms with Crippen LogP contribution in [-0.2, 0) is 23.2 Å². The van der Waals surface area contributed by atoms with Gasteiger partial charge < -0.3 is 5.32 Å². The van der Waals surface area contributed by atoms with Crippen molar-refractivity contribution < 1.29 is 8.42 Å². The molecule has 7 heteroatoms. The van der Waals surface area contributed by atoms with Crippen molar-refractivity contribution in [1.82, 2.24) is 14.3 Å². The Labute approximate surface area is 139 Å². The molecule has 1 fully saturated rings. The number of hydrogen-bond acceptors (Lipinski definition) is 3. The molecular formula is C15H24ClN3O2S. The van der Waals surface area contributed by atoms with Crippen LogP contribution in [-0.4, -0.2) is 37.9 Å². The van der Waals surface area contributed by atoms with Gasteiger partial charge >= 0.3 is 0 Å². The van der Waals surface area contributed by atoms with Crippen molar-refractivity contribution in [2.45, 2.75) is 44.8 Å². The van der Waals surface area contributed by atoms with E-state index < -0.39 is 10.2 Å². The van der Waals surface area contributed by atoms with E-state index in [4.69, 9.17) is 0 Å². The summed E-state index contributed by atoms with van der Waals surface area (Å²) in [6, 6.07) is 8.50. The Morgan fingerprint density at radius 1 is 1.27 bits per heavy atom. The molecule has 2 atom stereocenters. The molecule has 0 aromatic heterocycles. The lowest BCUT2D eigenvalue weighted by Crippen LogP contribution is -2.51. The van der Waals surface area contributed by atoms with Gasteiger partial charge in [-0.3, -0.25) is 0 Å². The zero-order valence-corrected chi connectivity index (χ0v) is 14.4. The molecule has 2 N–H and O–H groups in total. The maximum absolute atomic E-state index is 12.6. The normalized spacial score (nSPS) is 26.0. The van der Waals surface area contributed by atoms with E-state index >= 15 is 0 Å². The minimum Gasteiger partial charge on any atom is -0.314 e. The number of nitrogens with one attached hydrogen (secondary N) is 2. The average molecular weight is 346 g/mol.